The Bertz CT molecular complexity index is 352. The smallest absolute Gasteiger partial charge is 0.0555 e. The van der Waals surface area contributed by atoms with Gasteiger partial charge < -0.3 is 10.6 Å². The van der Waals surface area contributed by atoms with E-state index in [-0.39, 0.29) is 0 Å². The highest BCUT2D eigenvalue weighted by Crippen LogP contribution is 2.37. The summed E-state index contributed by atoms with van der Waals surface area (Å²) >= 11 is 0. The van der Waals surface area contributed by atoms with Crippen LogP contribution in [0.2, 0.25) is 0 Å². The van der Waals surface area contributed by atoms with E-state index in [1.54, 1.807) is 0 Å². The minimum atomic E-state index is 0.534. The number of aromatic nitrogens is 1. The first-order valence-corrected chi connectivity index (χ1v) is 6.28. The third-order valence-corrected chi connectivity index (χ3v) is 3.49. The zero-order valence-electron chi connectivity index (χ0n) is 9.60. The maximum Gasteiger partial charge on any atom is 0.0555 e. The van der Waals surface area contributed by atoms with Crippen molar-refractivity contribution in [1.29, 1.82) is 0 Å². The highest BCUT2D eigenvalue weighted by atomic mass is 15.2. The van der Waals surface area contributed by atoms with E-state index < -0.39 is 0 Å². The van der Waals surface area contributed by atoms with E-state index in [2.05, 4.69) is 22.0 Å². The molecule has 3 nitrogen and oxygen atoms in total. The zero-order valence-corrected chi connectivity index (χ0v) is 9.60. The maximum atomic E-state index is 5.56. The molecule has 16 heavy (non-hydrogen) atoms. The molecule has 0 radical (unpaired) electrons. The van der Waals surface area contributed by atoms with Gasteiger partial charge in [0.05, 0.1) is 17.6 Å². The molecule has 0 saturated heterocycles. The molecule has 2 saturated carbocycles. The van der Waals surface area contributed by atoms with E-state index in [0.717, 1.165) is 17.7 Å². The van der Waals surface area contributed by atoms with Gasteiger partial charge in [-0.15, -0.1) is 0 Å². The van der Waals surface area contributed by atoms with E-state index in [9.17, 15) is 0 Å². The first-order valence-electron chi connectivity index (χ1n) is 6.28. The van der Waals surface area contributed by atoms with E-state index >= 15 is 0 Å². The highest BCUT2D eigenvalue weighted by Gasteiger charge is 2.33. The fourth-order valence-corrected chi connectivity index (χ4v) is 2.14. The summed E-state index contributed by atoms with van der Waals surface area (Å²) in [6.07, 6.45) is 7.52. The fourth-order valence-electron chi connectivity index (χ4n) is 2.14. The lowest BCUT2D eigenvalue weighted by Gasteiger charge is -2.24. The molecule has 0 amide bonds. The van der Waals surface area contributed by atoms with Crippen molar-refractivity contribution in [2.45, 2.75) is 38.3 Å². The summed E-state index contributed by atoms with van der Waals surface area (Å²) in [5, 5.41) is 0. The lowest BCUT2D eigenvalue weighted by Crippen LogP contribution is -2.28. The van der Waals surface area contributed by atoms with Crippen LogP contribution < -0.4 is 10.6 Å². The number of nitrogens with two attached hydrogens (primary N) is 1. The van der Waals surface area contributed by atoms with Gasteiger partial charge in [0.1, 0.15) is 0 Å². The number of hydrogen-bond acceptors (Lipinski definition) is 3. The molecule has 1 heterocycles. The van der Waals surface area contributed by atoms with Crippen molar-refractivity contribution < 1.29 is 0 Å². The number of hydrogen-bond donors (Lipinski definition) is 1. The first-order chi connectivity index (χ1) is 7.86. The summed E-state index contributed by atoms with van der Waals surface area (Å²) in [6.45, 7) is 1.76. The van der Waals surface area contributed by atoms with E-state index in [1.165, 1.54) is 37.9 Å². The minimum absolute atomic E-state index is 0.534. The van der Waals surface area contributed by atoms with Crippen LogP contribution in [-0.2, 0) is 6.54 Å². The molecule has 0 aromatic carbocycles. The van der Waals surface area contributed by atoms with Crippen molar-refractivity contribution in [2.24, 2.45) is 11.7 Å². The summed E-state index contributed by atoms with van der Waals surface area (Å²) in [5.41, 5.74) is 7.82. The highest BCUT2D eigenvalue weighted by molar-refractivity contribution is 5.47. The van der Waals surface area contributed by atoms with Gasteiger partial charge in [0, 0.05) is 19.1 Å². The zero-order chi connectivity index (χ0) is 11.0. The van der Waals surface area contributed by atoms with Gasteiger partial charge in [0.25, 0.3) is 0 Å². The topological polar surface area (TPSA) is 42.1 Å². The van der Waals surface area contributed by atoms with Gasteiger partial charge in [-0.25, -0.2) is 0 Å². The summed E-state index contributed by atoms with van der Waals surface area (Å²) in [7, 11) is 0. The summed E-state index contributed by atoms with van der Waals surface area (Å²) in [4.78, 5) is 6.94. The lowest BCUT2D eigenvalue weighted by atomic mass is 10.2. The largest absolute Gasteiger partial charge is 0.367 e. The monoisotopic (exact) mass is 217 g/mol. The first kappa shape index (κ1) is 10.1. The van der Waals surface area contributed by atoms with Gasteiger partial charge >= 0.3 is 0 Å². The van der Waals surface area contributed by atoms with Gasteiger partial charge in [0.15, 0.2) is 0 Å². The van der Waals surface area contributed by atoms with Crippen molar-refractivity contribution >= 4 is 5.69 Å². The fraction of sp³-hybridized carbons (Fsp3) is 0.615. The molecule has 2 aliphatic rings. The quantitative estimate of drug-likeness (QED) is 0.819. The van der Waals surface area contributed by atoms with Crippen LogP contribution in [0.5, 0.6) is 0 Å². The van der Waals surface area contributed by atoms with Crippen molar-refractivity contribution in [3.05, 3.63) is 24.0 Å². The molecule has 2 fully saturated rings. The van der Waals surface area contributed by atoms with Crippen LogP contribution in [-0.4, -0.2) is 17.6 Å². The van der Waals surface area contributed by atoms with Crippen LogP contribution >= 0.6 is 0 Å². The molecule has 1 aromatic heterocycles. The van der Waals surface area contributed by atoms with Crippen LogP contribution in [0, 0.1) is 5.92 Å². The Morgan fingerprint density at radius 3 is 2.56 bits per heavy atom. The Morgan fingerprint density at radius 2 is 2.06 bits per heavy atom. The molecular formula is C13H19N3. The third-order valence-electron chi connectivity index (χ3n) is 3.49. The molecule has 0 spiro atoms. The summed E-state index contributed by atoms with van der Waals surface area (Å²) < 4.78 is 0. The number of anilines is 1. The molecule has 86 valence electrons. The molecule has 0 unspecified atom stereocenters. The van der Waals surface area contributed by atoms with Crippen molar-refractivity contribution in [1.82, 2.24) is 4.98 Å². The Labute approximate surface area is 96.7 Å². The lowest BCUT2D eigenvalue weighted by molar-refractivity contribution is 0.716. The van der Waals surface area contributed by atoms with Crippen LogP contribution in [0.3, 0.4) is 0 Å². The molecule has 2 aliphatic carbocycles. The normalized spacial score (nSPS) is 19.8. The van der Waals surface area contributed by atoms with Crippen molar-refractivity contribution in [2.75, 3.05) is 11.4 Å². The molecule has 0 aliphatic heterocycles. The van der Waals surface area contributed by atoms with Crippen molar-refractivity contribution in [3.63, 3.8) is 0 Å². The average molecular weight is 217 g/mol. The van der Waals surface area contributed by atoms with Gasteiger partial charge in [-0.05, 0) is 43.7 Å². The Morgan fingerprint density at radius 1 is 1.25 bits per heavy atom. The molecule has 0 bridgehead atoms. The third kappa shape index (κ3) is 2.19. The molecular weight excluding hydrogens is 198 g/mol. The molecule has 1 aromatic rings. The van der Waals surface area contributed by atoms with Gasteiger partial charge in [-0.1, -0.05) is 0 Å². The van der Waals surface area contributed by atoms with Crippen LogP contribution in [0.1, 0.15) is 31.4 Å². The van der Waals surface area contributed by atoms with E-state index in [1.807, 2.05) is 6.20 Å². The predicted molar refractivity (Wildman–Crippen MR) is 65.2 cm³/mol. The minimum Gasteiger partial charge on any atom is -0.367 e. The average Bonchev–Trinajstić information content (AvgIpc) is 3.16. The standard InChI is InChI=1S/C13H19N3/c14-7-11-3-4-13(8-15-11)16(12-5-6-12)9-10-1-2-10/h3-4,8,10,12H,1-2,5-7,9,14H2. The molecule has 3 heteroatoms. The second-order valence-electron chi connectivity index (χ2n) is 5.04. The molecule has 3 rings (SSSR count). The van der Waals surface area contributed by atoms with Crippen molar-refractivity contribution in [3.8, 4) is 0 Å². The maximum absolute atomic E-state index is 5.56. The van der Waals surface area contributed by atoms with Crippen LogP contribution in [0.15, 0.2) is 18.3 Å². The predicted octanol–water partition coefficient (Wildman–Crippen LogP) is 1.92. The Hall–Kier alpha value is -1.09. The van der Waals surface area contributed by atoms with Gasteiger partial charge in [-0.2, -0.15) is 0 Å². The second kappa shape index (κ2) is 4.06. The van der Waals surface area contributed by atoms with Crippen LogP contribution in [0.4, 0.5) is 5.69 Å². The summed E-state index contributed by atoms with van der Waals surface area (Å²) in [6, 6.07) is 5.01. The number of nitrogens with zero attached hydrogens (tertiary/aromatic N) is 2. The SMILES string of the molecule is NCc1ccc(N(CC2CC2)C2CC2)cn1. The molecule has 0 atom stereocenters. The van der Waals surface area contributed by atoms with Crippen LogP contribution in [0.25, 0.3) is 0 Å². The second-order valence-corrected chi connectivity index (χ2v) is 5.04. The van der Waals surface area contributed by atoms with Gasteiger partial charge in [0.2, 0.25) is 0 Å². The Kier molecular flexibility index (Phi) is 2.56. The Balaban J connectivity index is 1.74. The summed E-state index contributed by atoms with van der Waals surface area (Å²) in [5.74, 6) is 0.940. The van der Waals surface area contributed by atoms with E-state index in [0.29, 0.717) is 6.54 Å². The number of rotatable bonds is 5. The molecule has 2 N–H and O–H groups in total. The van der Waals surface area contributed by atoms with Gasteiger partial charge in [-0.3, -0.25) is 4.98 Å². The van der Waals surface area contributed by atoms with E-state index in [4.69, 9.17) is 5.73 Å². The number of pyridine rings is 1.